The molecule has 0 spiro atoms. The minimum absolute atomic E-state index is 0.0340. The normalized spacial score (nSPS) is 17.9. The van der Waals surface area contributed by atoms with E-state index in [1.807, 2.05) is 24.3 Å². The van der Waals surface area contributed by atoms with Gasteiger partial charge in [0.2, 0.25) is 0 Å². The van der Waals surface area contributed by atoms with Crippen molar-refractivity contribution in [3.63, 3.8) is 0 Å². The van der Waals surface area contributed by atoms with Gasteiger partial charge in [-0.25, -0.2) is 0 Å². The summed E-state index contributed by atoms with van der Waals surface area (Å²) in [6.45, 7) is 10.9. The first-order valence-electron chi connectivity index (χ1n) is 10.3. The standard InChI is InChI=1S/C24H33NO3/c1-18(28-20-13-11-19(12-14-20)24(2,3)4)16-25-22-9-5-6-10-23(22)27-17-21-8-7-15-26-21/h5-6,9-14,18,21,25H,7-8,15-17H2,1-4H3. The van der Waals surface area contributed by atoms with Crippen molar-refractivity contribution in [2.75, 3.05) is 25.1 Å². The summed E-state index contributed by atoms with van der Waals surface area (Å²) in [6.07, 6.45) is 2.45. The van der Waals surface area contributed by atoms with Crippen molar-refractivity contribution in [1.29, 1.82) is 0 Å². The first-order valence-corrected chi connectivity index (χ1v) is 10.3. The average molecular weight is 384 g/mol. The van der Waals surface area contributed by atoms with Crippen LogP contribution in [0.4, 0.5) is 5.69 Å². The lowest BCUT2D eigenvalue weighted by molar-refractivity contribution is 0.0682. The number of nitrogens with one attached hydrogen (secondary N) is 1. The molecule has 2 aromatic rings. The maximum Gasteiger partial charge on any atom is 0.142 e. The second-order valence-corrected chi connectivity index (χ2v) is 8.53. The fourth-order valence-corrected chi connectivity index (χ4v) is 3.26. The van der Waals surface area contributed by atoms with Gasteiger partial charge in [-0.2, -0.15) is 0 Å². The summed E-state index contributed by atoms with van der Waals surface area (Å²) in [7, 11) is 0. The molecule has 0 saturated carbocycles. The van der Waals surface area contributed by atoms with Gasteiger partial charge in [-0.3, -0.25) is 0 Å². The number of hydrogen-bond donors (Lipinski definition) is 1. The van der Waals surface area contributed by atoms with Crippen molar-refractivity contribution >= 4 is 5.69 Å². The summed E-state index contributed by atoms with van der Waals surface area (Å²) >= 11 is 0. The van der Waals surface area contributed by atoms with E-state index in [1.54, 1.807) is 0 Å². The van der Waals surface area contributed by atoms with E-state index in [9.17, 15) is 0 Å². The number of para-hydroxylation sites is 2. The van der Waals surface area contributed by atoms with Gasteiger partial charge in [0.15, 0.2) is 0 Å². The van der Waals surface area contributed by atoms with E-state index in [2.05, 4.69) is 57.3 Å². The summed E-state index contributed by atoms with van der Waals surface area (Å²) in [6, 6.07) is 16.4. The Kier molecular flexibility index (Phi) is 6.84. The minimum Gasteiger partial charge on any atom is -0.489 e. The molecule has 1 saturated heterocycles. The van der Waals surface area contributed by atoms with Gasteiger partial charge in [0, 0.05) is 6.61 Å². The second-order valence-electron chi connectivity index (χ2n) is 8.53. The molecule has 1 aliphatic rings. The van der Waals surface area contributed by atoms with Crippen LogP contribution in [0.15, 0.2) is 48.5 Å². The number of benzene rings is 2. The molecule has 28 heavy (non-hydrogen) atoms. The topological polar surface area (TPSA) is 39.7 Å². The molecule has 0 bridgehead atoms. The minimum atomic E-state index is 0.0340. The Bertz CT molecular complexity index is 730. The van der Waals surface area contributed by atoms with Gasteiger partial charge in [0.25, 0.3) is 0 Å². The molecule has 1 fully saturated rings. The molecular weight excluding hydrogens is 350 g/mol. The Balaban J connectivity index is 1.50. The summed E-state index contributed by atoms with van der Waals surface area (Å²) in [5.74, 6) is 1.75. The fraction of sp³-hybridized carbons (Fsp3) is 0.500. The molecule has 0 aliphatic carbocycles. The average Bonchev–Trinajstić information content (AvgIpc) is 3.19. The first kappa shape index (κ1) is 20.5. The lowest BCUT2D eigenvalue weighted by Gasteiger charge is -2.21. The highest BCUT2D eigenvalue weighted by Crippen LogP contribution is 2.26. The predicted molar refractivity (Wildman–Crippen MR) is 115 cm³/mol. The van der Waals surface area contributed by atoms with E-state index in [0.29, 0.717) is 13.2 Å². The summed E-state index contributed by atoms with van der Waals surface area (Å²) in [5, 5.41) is 3.45. The number of rotatable bonds is 8. The Labute approximate surface area is 169 Å². The van der Waals surface area contributed by atoms with Crippen LogP contribution in [0.1, 0.15) is 46.1 Å². The Morgan fingerprint density at radius 3 is 2.54 bits per heavy atom. The summed E-state index contributed by atoms with van der Waals surface area (Å²) < 4.78 is 17.7. The van der Waals surface area contributed by atoms with E-state index in [1.165, 1.54) is 5.56 Å². The van der Waals surface area contributed by atoms with Crippen LogP contribution in [0.3, 0.4) is 0 Å². The molecule has 1 N–H and O–H groups in total. The number of ether oxygens (including phenoxy) is 3. The van der Waals surface area contributed by atoms with Crippen molar-refractivity contribution in [3.8, 4) is 11.5 Å². The Morgan fingerprint density at radius 1 is 1.11 bits per heavy atom. The van der Waals surface area contributed by atoms with E-state index < -0.39 is 0 Å². The molecule has 0 aromatic heterocycles. The van der Waals surface area contributed by atoms with Gasteiger partial charge in [-0.1, -0.05) is 45.0 Å². The van der Waals surface area contributed by atoms with E-state index >= 15 is 0 Å². The van der Waals surface area contributed by atoms with Crippen LogP contribution in [0.25, 0.3) is 0 Å². The molecule has 3 rings (SSSR count). The van der Waals surface area contributed by atoms with Crippen LogP contribution in [-0.2, 0) is 10.2 Å². The molecule has 0 radical (unpaired) electrons. The molecule has 2 aromatic carbocycles. The van der Waals surface area contributed by atoms with Crippen LogP contribution in [0.2, 0.25) is 0 Å². The van der Waals surface area contributed by atoms with E-state index in [0.717, 1.165) is 36.6 Å². The lowest BCUT2D eigenvalue weighted by Crippen LogP contribution is -2.23. The Morgan fingerprint density at radius 2 is 1.86 bits per heavy atom. The van der Waals surface area contributed by atoms with Crippen LogP contribution in [-0.4, -0.2) is 32.0 Å². The van der Waals surface area contributed by atoms with Gasteiger partial charge >= 0.3 is 0 Å². The molecule has 1 aliphatic heterocycles. The molecule has 4 nitrogen and oxygen atoms in total. The Hall–Kier alpha value is -2.20. The van der Waals surface area contributed by atoms with Crippen LogP contribution >= 0.6 is 0 Å². The van der Waals surface area contributed by atoms with Gasteiger partial charge in [-0.15, -0.1) is 0 Å². The maximum atomic E-state index is 6.06. The van der Waals surface area contributed by atoms with Gasteiger partial charge in [0.05, 0.1) is 18.3 Å². The van der Waals surface area contributed by atoms with Crippen molar-refractivity contribution in [1.82, 2.24) is 0 Å². The van der Waals surface area contributed by atoms with Crippen LogP contribution < -0.4 is 14.8 Å². The van der Waals surface area contributed by atoms with Crippen molar-refractivity contribution in [3.05, 3.63) is 54.1 Å². The lowest BCUT2D eigenvalue weighted by atomic mass is 9.87. The third-order valence-corrected chi connectivity index (χ3v) is 4.97. The van der Waals surface area contributed by atoms with E-state index in [4.69, 9.17) is 14.2 Å². The first-order chi connectivity index (χ1) is 13.4. The molecule has 152 valence electrons. The SMILES string of the molecule is CC(CNc1ccccc1OCC1CCCO1)Oc1ccc(C(C)(C)C)cc1. The second kappa shape index (κ2) is 9.33. The third kappa shape index (κ3) is 5.90. The number of hydrogen-bond acceptors (Lipinski definition) is 4. The highest BCUT2D eigenvalue weighted by Gasteiger charge is 2.17. The highest BCUT2D eigenvalue weighted by molar-refractivity contribution is 5.56. The molecule has 2 unspecified atom stereocenters. The molecular formula is C24H33NO3. The van der Waals surface area contributed by atoms with Gasteiger partial charge in [-0.05, 0) is 55.0 Å². The van der Waals surface area contributed by atoms with Crippen LogP contribution in [0.5, 0.6) is 11.5 Å². The van der Waals surface area contributed by atoms with Gasteiger partial charge in [0.1, 0.15) is 24.2 Å². The zero-order valence-corrected chi connectivity index (χ0v) is 17.5. The monoisotopic (exact) mass is 383 g/mol. The molecule has 1 heterocycles. The molecule has 0 amide bonds. The molecule has 4 heteroatoms. The molecule has 2 atom stereocenters. The predicted octanol–water partition coefficient (Wildman–Crippen LogP) is 5.42. The number of anilines is 1. The van der Waals surface area contributed by atoms with Crippen molar-refractivity contribution in [2.24, 2.45) is 0 Å². The van der Waals surface area contributed by atoms with E-state index in [-0.39, 0.29) is 17.6 Å². The van der Waals surface area contributed by atoms with Crippen molar-refractivity contribution < 1.29 is 14.2 Å². The summed E-state index contributed by atoms with van der Waals surface area (Å²) in [5.41, 5.74) is 2.45. The summed E-state index contributed by atoms with van der Waals surface area (Å²) in [4.78, 5) is 0. The fourth-order valence-electron chi connectivity index (χ4n) is 3.26. The quantitative estimate of drug-likeness (QED) is 0.660. The van der Waals surface area contributed by atoms with Crippen LogP contribution in [0, 0.1) is 0 Å². The smallest absolute Gasteiger partial charge is 0.142 e. The zero-order chi connectivity index (χ0) is 20.0. The largest absolute Gasteiger partial charge is 0.489 e. The maximum absolute atomic E-state index is 6.06. The van der Waals surface area contributed by atoms with Crippen molar-refractivity contribution in [2.45, 2.75) is 58.2 Å². The van der Waals surface area contributed by atoms with Gasteiger partial charge < -0.3 is 19.5 Å². The zero-order valence-electron chi connectivity index (χ0n) is 17.5. The highest BCUT2D eigenvalue weighted by atomic mass is 16.5. The third-order valence-electron chi connectivity index (χ3n) is 4.97.